The summed E-state index contributed by atoms with van der Waals surface area (Å²) in [5, 5.41) is 20.5. The molecule has 0 heterocycles. The fourth-order valence-electron chi connectivity index (χ4n) is 4.12. The van der Waals surface area contributed by atoms with Crippen LogP contribution in [-0.2, 0) is 23.0 Å². The molecule has 41 heavy (non-hydrogen) atoms. The minimum atomic E-state index is -4.04. The molecule has 0 atom stereocenters. The van der Waals surface area contributed by atoms with Crippen molar-refractivity contribution in [3.63, 3.8) is 0 Å². The van der Waals surface area contributed by atoms with E-state index < -0.39 is 27.3 Å². The molecular formula is C34H31NO5S. The molecule has 0 saturated carbocycles. The molecule has 4 aromatic carbocycles. The van der Waals surface area contributed by atoms with Gasteiger partial charge in [0.15, 0.2) is 0 Å². The number of phenols is 1. The smallest absolute Gasteiger partial charge is 0.339 e. The summed E-state index contributed by atoms with van der Waals surface area (Å²) in [6.45, 7) is 2.12. The number of carboxylic acids is 1. The number of rotatable bonds is 10. The molecule has 0 aliphatic rings. The van der Waals surface area contributed by atoms with Gasteiger partial charge in [-0.3, -0.25) is 4.31 Å². The van der Waals surface area contributed by atoms with Gasteiger partial charge in [0.05, 0.1) is 17.6 Å². The van der Waals surface area contributed by atoms with Gasteiger partial charge in [-0.05, 0) is 78.1 Å². The Balaban J connectivity index is 1.59. The largest absolute Gasteiger partial charge is 0.507 e. The number of sulfonamides is 1. The van der Waals surface area contributed by atoms with Crippen LogP contribution in [0.15, 0.2) is 102 Å². The van der Waals surface area contributed by atoms with Crippen molar-refractivity contribution in [1.29, 1.82) is 0 Å². The van der Waals surface area contributed by atoms with Crippen molar-refractivity contribution in [2.75, 3.05) is 4.31 Å². The second-order valence-corrected chi connectivity index (χ2v) is 11.3. The molecule has 0 amide bonds. The van der Waals surface area contributed by atoms with Gasteiger partial charge in [0.2, 0.25) is 0 Å². The van der Waals surface area contributed by atoms with Crippen LogP contribution in [0.5, 0.6) is 5.75 Å². The topological polar surface area (TPSA) is 94.9 Å². The highest BCUT2D eigenvalue weighted by molar-refractivity contribution is 7.95. The zero-order valence-electron chi connectivity index (χ0n) is 22.7. The monoisotopic (exact) mass is 565 g/mol. The van der Waals surface area contributed by atoms with Crippen LogP contribution >= 0.6 is 0 Å². The van der Waals surface area contributed by atoms with Crippen molar-refractivity contribution in [3.05, 3.63) is 136 Å². The molecular weight excluding hydrogens is 534 g/mol. The van der Waals surface area contributed by atoms with Crippen LogP contribution in [-0.4, -0.2) is 24.6 Å². The van der Waals surface area contributed by atoms with E-state index in [9.17, 15) is 23.4 Å². The fraction of sp³-hybridized carbons (Fsp3) is 0.147. The summed E-state index contributed by atoms with van der Waals surface area (Å²) in [4.78, 5) is 11.6. The Labute approximate surface area is 241 Å². The second-order valence-electron chi connectivity index (χ2n) is 9.52. The lowest BCUT2D eigenvalue weighted by Crippen LogP contribution is -2.29. The molecule has 0 spiro atoms. The summed E-state index contributed by atoms with van der Waals surface area (Å²) in [6.07, 6.45) is 4.86. The Morgan fingerprint density at radius 2 is 1.46 bits per heavy atom. The van der Waals surface area contributed by atoms with E-state index in [-0.39, 0.29) is 12.2 Å². The maximum Gasteiger partial charge on any atom is 0.339 e. The van der Waals surface area contributed by atoms with Gasteiger partial charge in [0, 0.05) is 11.1 Å². The molecule has 2 N–H and O–H groups in total. The van der Waals surface area contributed by atoms with Gasteiger partial charge < -0.3 is 10.2 Å². The third-order valence-electron chi connectivity index (χ3n) is 6.44. The van der Waals surface area contributed by atoms with E-state index in [4.69, 9.17) is 0 Å². The molecule has 0 unspecified atom stereocenters. The van der Waals surface area contributed by atoms with Crippen molar-refractivity contribution >= 4 is 27.8 Å². The van der Waals surface area contributed by atoms with E-state index >= 15 is 0 Å². The van der Waals surface area contributed by atoms with Gasteiger partial charge in [-0.1, -0.05) is 79.8 Å². The molecule has 0 saturated heterocycles. The zero-order valence-corrected chi connectivity index (χ0v) is 23.5. The van der Waals surface area contributed by atoms with Gasteiger partial charge in [-0.25, -0.2) is 13.2 Å². The van der Waals surface area contributed by atoms with Gasteiger partial charge in [0.1, 0.15) is 11.3 Å². The normalized spacial score (nSPS) is 11.1. The standard InChI is InChI=1S/C34H31NO5S/c1-2-3-7-27-10-12-28(13-11-27)14-15-29-16-18-30(19-17-29)25-35(31-20-21-33(36)32(24-31)34(37)38)41(39,40)23-22-26-8-5-4-6-9-26/h4-6,8-13,16-24,36H,2-3,7,25H2,1H3,(H,37,38)/b23-22+. The maximum atomic E-state index is 13.5. The minimum Gasteiger partial charge on any atom is -0.507 e. The molecule has 0 fully saturated rings. The van der Waals surface area contributed by atoms with E-state index in [1.165, 1.54) is 23.8 Å². The van der Waals surface area contributed by atoms with Crippen LogP contribution in [0.1, 0.15) is 57.9 Å². The van der Waals surface area contributed by atoms with Crippen LogP contribution in [0.2, 0.25) is 0 Å². The number of nitrogens with zero attached hydrogens (tertiary/aromatic N) is 1. The molecule has 0 aliphatic heterocycles. The van der Waals surface area contributed by atoms with Gasteiger partial charge >= 0.3 is 5.97 Å². The maximum absolute atomic E-state index is 13.5. The number of aryl methyl sites for hydroxylation is 1. The third-order valence-corrected chi connectivity index (χ3v) is 7.88. The summed E-state index contributed by atoms with van der Waals surface area (Å²) < 4.78 is 28.1. The third kappa shape index (κ3) is 8.10. The first-order chi connectivity index (χ1) is 19.7. The molecule has 6 nitrogen and oxygen atoms in total. The molecule has 0 radical (unpaired) electrons. The SMILES string of the molecule is CCCCc1ccc(C#Cc2ccc(CN(c3ccc(O)c(C(=O)O)c3)S(=O)(=O)/C=C/c3ccccc3)cc2)cc1. The lowest BCUT2D eigenvalue weighted by atomic mass is 10.1. The summed E-state index contributed by atoms with van der Waals surface area (Å²) in [6, 6.07) is 28.2. The van der Waals surface area contributed by atoms with Crippen LogP contribution in [0.4, 0.5) is 5.69 Å². The fourth-order valence-corrected chi connectivity index (χ4v) is 5.33. The lowest BCUT2D eigenvalue weighted by molar-refractivity contribution is 0.0693. The lowest BCUT2D eigenvalue weighted by Gasteiger charge is -2.23. The van der Waals surface area contributed by atoms with E-state index in [1.54, 1.807) is 36.4 Å². The summed E-state index contributed by atoms with van der Waals surface area (Å²) in [5.41, 5.74) is 4.09. The Kier molecular flexibility index (Phi) is 9.62. The summed E-state index contributed by atoms with van der Waals surface area (Å²) in [7, 11) is -4.04. The number of carbonyl (C=O) groups is 1. The highest BCUT2D eigenvalue weighted by Gasteiger charge is 2.23. The van der Waals surface area contributed by atoms with Crippen molar-refractivity contribution in [2.45, 2.75) is 32.7 Å². The first kappa shape index (κ1) is 29.2. The number of benzene rings is 4. The Bertz CT molecular complexity index is 1680. The predicted molar refractivity (Wildman–Crippen MR) is 163 cm³/mol. The van der Waals surface area contributed by atoms with Crippen molar-refractivity contribution in [1.82, 2.24) is 0 Å². The molecule has 4 rings (SSSR count). The van der Waals surface area contributed by atoms with Gasteiger partial charge in [-0.15, -0.1) is 0 Å². The van der Waals surface area contributed by atoms with Gasteiger partial charge in [-0.2, -0.15) is 0 Å². The molecule has 4 aromatic rings. The predicted octanol–water partition coefficient (Wildman–Crippen LogP) is 6.84. The van der Waals surface area contributed by atoms with Crippen molar-refractivity contribution in [2.24, 2.45) is 0 Å². The molecule has 0 aliphatic carbocycles. The number of unbranched alkanes of at least 4 members (excludes halogenated alkanes) is 1. The Hall–Kier alpha value is -4.80. The number of carboxylic acid groups (broad SMARTS) is 1. The highest BCUT2D eigenvalue weighted by atomic mass is 32.2. The number of hydrogen-bond acceptors (Lipinski definition) is 4. The van der Waals surface area contributed by atoms with Crippen LogP contribution in [0, 0.1) is 11.8 Å². The molecule has 208 valence electrons. The molecule has 7 heteroatoms. The van der Waals surface area contributed by atoms with E-state index in [0.717, 1.165) is 46.2 Å². The molecule has 0 bridgehead atoms. The molecule has 0 aromatic heterocycles. The number of aromatic hydroxyl groups is 1. The number of hydrogen-bond donors (Lipinski definition) is 2. The van der Waals surface area contributed by atoms with Crippen LogP contribution < -0.4 is 4.31 Å². The Morgan fingerprint density at radius 3 is 2.05 bits per heavy atom. The first-order valence-electron chi connectivity index (χ1n) is 13.3. The summed E-state index contributed by atoms with van der Waals surface area (Å²) in [5.74, 6) is 4.50. The van der Waals surface area contributed by atoms with E-state index in [0.29, 0.717) is 11.1 Å². The van der Waals surface area contributed by atoms with Crippen molar-refractivity contribution < 1.29 is 23.4 Å². The second kappa shape index (κ2) is 13.5. The average Bonchev–Trinajstić information content (AvgIpc) is 2.98. The highest BCUT2D eigenvalue weighted by Crippen LogP contribution is 2.28. The van der Waals surface area contributed by atoms with Crippen LogP contribution in [0.25, 0.3) is 6.08 Å². The first-order valence-corrected chi connectivity index (χ1v) is 14.8. The average molecular weight is 566 g/mol. The van der Waals surface area contributed by atoms with E-state index in [1.807, 2.05) is 30.3 Å². The van der Waals surface area contributed by atoms with E-state index in [2.05, 4.69) is 30.9 Å². The quantitative estimate of drug-likeness (QED) is 0.205. The number of anilines is 1. The zero-order chi connectivity index (χ0) is 29.2. The minimum absolute atomic E-state index is 0.0573. The number of aromatic carboxylic acids is 1. The van der Waals surface area contributed by atoms with Crippen LogP contribution in [0.3, 0.4) is 0 Å². The van der Waals surface area contributed by atoms with Gasteiger partial charge in [0.25, 0.3) is 10.0 Å². The summed E-state index contributed by atoms with van der Waals surface area (Å²) >= 11 is 0. The Morgan fingerprint density at radius 1 is 0.854 bits per heavy atom. The van der Waals surface area contributed by atoms with Crippen molar-refractivity contribution in [3.8, 4) is 17.6 Å².